The molecular weight excluding hydrogens is 378 g/mol. The largest absolute Gasteiger partial charge is 0.385 e. The quantitative estimate of drug-likeness (QED) is 0.595. The fourth-order valence-electron chi connectivity index (χ4n) is 5.75. The molecule has 4 rings (SSSR count). The standard InChI is InChI=1S/C25H40ClN3/c1-18(2)24(28-16-22-5-3-4-21-10-13-27-25(21)22)17-29-14-11-20(12-15-29)19-6-8-23(26)9-7-19/h5,8,18-20,24,27-28H,3-4,6-7,9-17H2,1-2H3/t19?,24-/m0/s1. The summed E-state index contributed by atoms with van der Waals surface area (Å²) in [6.45, 7) is 10.6. The Hall–Kier alpha value is -0.770. The van der Waals surface area contributed by atoms with E-state index in [0.29, 0.717) is 12.0 Å². The molecule has 0 spiro atoms. The zero-order chi connectivity index (χ0) is 20.2. The Morgan fingerprint density at radius 2 is 1.93 bits per heavy atom. The third kappa shape index (κ3) is 5.48. The summed E-state index contributed by atoms with van der Waals surface area (Å²) >= 11 is 6.18. The van der Waals surface area contributed by atoms with Crippen molar-refractivity contribution in [1.29, 1.82) is 0 Å². The first kappa shape index (κ1) is 21.5. The summed E-state index contributed by atoms with van der Waals surface area (Å²) in [5.74, 6) is 2.44. The number of nitrogens with zero attached hydrogens (tertiary/aromatic N) is 1. The maximum Gasteiger partial charge on any atom is 0.0375 e. The van der Waals surface area contributed by atoms with Crippen LogP contribution in [0.1, 0.15) is 65.2 Å². The van der Waals surface area contributed by atoms with Gasteiger partial charge in [-0.25, -0.2) is 0 Å². The van der Waals surface area contributed by atoms with Crippen molar-refractivity contribution in [3.63, 3.8) is 0 Å². The van der Waals surface area contributed by atoms with Crippen LogP contribution in [0.4, 0.5) is 0 Å². The second kappa shape index (κ2) is 10.0. The van der Waals surface area contributed by atoms with Crippen molar-refractivity contribution in [2.45, 2.75) is 71.3 Å². The van der Waals surface area contributed by atoms with E-state index in [1.807, 2.05) is 0 Å². The summed E-state index contributed by atoms with van der Waals surface area (Å²) < 4.78 is 0. The zero-order valence-electron chi connectivity index (χ0n) is 18.5. The monoisotopic (exact) mass is 417 g/mol. The average Bonchev–Trinajstić information content (AvgIpc) is 3.21. The molecular formula is C25H40ClN3. The summed E-state index contributed by atoms with van der Waals surface area (Å²) in [6, 6.07) is 0.566. The molecule has 0 bridgehead atoms. The van der Waals surface area contributed by atoms with Gasteiger partial charge in [0.05, 0.1) is 0 Å². The first-order valence-corrected chi connectivity index (χ1v) is 12.4. The summed E-state index contributed by atoms with van der Waals surface area (Å²) in [6.07, 6.45) is 14.8. The van der Waals surface area contributed by atoms with E-state index < -0.39 is 0 Å². The molecule has 0 radical (unpaired) electrons. The highest BCUT2D eigenvalue weighted by atomic mass is 35.5. The van der Waals surface area contributed by atoms with Crippen molar-refractivity contribution < 1.29 is 0 Å². The summed E-state index contributed by atoms with van der Waals surface area (Å²) in [5.41, 5.74) is 4.64. The Morgan fingerprint density at radius 1 is 1.10 bits per heavy atom. The maximum atomic E-state index is 6.18. The van der Waals surface area contributed by atoms with Gasteiger partial charge in [-0.15, -0.1) is 0 Å². The smallest absolute Gasteiger partial charge is 0.0375 e. The molecule has 1 saturated heterocycles. The van der Waals surface area contributed by atoms with E-state index in [0.717, 1.165) is 36.4 Å². The van der Waals surface area contributed by atoms with Crippen LogP contribution >= 0.6 is 11.6 Å². The molecule has 0 amide bonds. The minimum Gasteiger partial charge on any atom is -0.385 e. The Balaban J connectivity index is 1.25. The summed E-state index contributed by atoms with van der Waals surface area (Å²) in [7, 11) is 0. The minimum atomic E-state index is 0.566. The van der Waals surface area contributed by atoms with E-state index in [-0.39, 0.29) is 0 Å². The normalized spacial score (nSPS) is 27.5. The molecule has 1 unspecified atom stereocenters. The Kier molecular flexibility index (Phi) is 7.42. The van der Waals surface area contributed by atoms with E-state index in [9.17, 15) is 0 Å². The third-order valence-electron chi connectivity index (χ3n) is 7.75. The first-order valence-electron chi connectivity index (χ1n) is 12.1. The molecule has 0 aromatic heterocycles. The molecule has 0 aromatic rings. The number of likely N-dealkylation sites (tertiary alicyclic amines) is 1. The van der Waals surface area contributed by atoms with Crippen molar-refractivity contribution in [3.8, 4) is 0 Å². The van der Waals surface area contributed by atoms with Gasteiger partial charge in [0.25, 0.3) is 0 Å². The predicted octanol–water partition coefficient (Wildman–Crippen LogP) is 5.20. The number of halogens is 1. The second-order valence-electron chi connectivity index (χ2n) is 9.98. The Morgan fingerprint density at radius 3 is 2.66 bits per heavy atom. The Bertz CT molecular complexity index is 655. The number of rotatable bonds is 7. The van der Waals surface area contributed by atoms with Gasteiger partial charge in [0.1, 0.15) is 0 Å². The van der Waals surface area contributed by atoms with Gasteiger partial charge in [-0.2, -0.15) is 0 Å². The van der Waals surface area contributed by atoms with Gasteiger partial charge in [0.15, 0.2) is 0 Å². The first-order chi connectivity index (χ1) is 14.1. The van der Waals surface area contributed by atoms with E-state index >= 15 is 0 Å². The van der Waals surface area contributed by atoms with Gasteiger partial charge >= 0.3 is 0 Å². The molecule has 29 heavy (non-hydrogen) atoms. The lowest BCUT2D eigenvalue weighted by atomic mass is 9.78. The number of allylic oxidation sites excluding steroid dienone is 3. The van der Waals surface area contributed by atoms with E-state index in [2.05, 4.69) is 41.5 Å². The molecule has 0 aromatic carbocycles. The summed E-state index contributed by atoms with van der Waals surface area (Å²) in [5, 5.41) is 8.64. The van der Waals surface area contributed by atoms with Crippen molar-refractivity contribution in [3.05, 3.63) is 34.0 Å². The summed E-state index contributed by atoms with van der Waals surface area (Å²) in [4.78, 5) is 2.72. The molecule has 4 heteroatoms. The highest BCUT2D eigenvalue weighted by Gasteiger charge is 2.29. The number of hydrogen-bond acceptors (Lipinski definition) is 3. The molecule has 0 saturated carbocycles. The van der Waals surface area contributed by atoms with Crippen LogP contribution in [0.3, 0.4) is 0 Å². The van der Waals surface area contributed by atoms with Gasteiger partial charge in [-0.3, -0.25) is 0 Å². The lowest BCUT2D eigenvalue weighted by Gasteiger charge is -2.39. The highest BCUT2D eigenvalue weighted by molar-refractivity contribution is 6.29. The van der Waals surface area contributed by atoms with Crippen molar-refractivity contribution in [1.82, 2.24) is 15.5 Å². The van der Waals surface area contributed by atoms with Crippen molar-refractivity contribution in [2.75, 3.05) is 32.7 Å². The van der Waals surface area contributed by atoms with Gasteiger partial charge in [0, 0.05) is 36.4 Å². The maximum absolute atomic E-state index is 6.18. The van der Waals surface area contributed by atoms with Gasteiger partial charge in [-0.1, -0.05) is 37.6 Å². The van der Waals surface area contributed by atoms with Gasteiger partial charge in [-0.05, 0) is 93.4 Å². The zero-order valence-corrected chi connectivity index (χ0v) is 19.2. The molecule has 2 atom stereocenters. The van der Waals surface area contributed by atoms with Crippen molar-refractivity contribution in [2.24, 2.45) is 17.8 Å². The molecule has 162 valence electrons. The van der Waals surface area contributed by atoms with Crippen LogP contribution in [0.25, 0.3) is 0 Å². The van der Waals surface area contributed by atoms with Crippen LogP contribution in [-0.4, -0.2) is 43.7 Å². The van der Waals surface area contributed by atoms with Gasteiger partial charge in [0.2, 0.25) is 0 Å². The molecule has 3 nitrogen and oxygen atoms in total. The fraction of sp³-hybridized carbons (Fsp3) is 0.760. The van der Waals surface area contributed by atoms with Crippen LogP contribution in [0.2, 0.25) is 0 Å². The highest BCUT2D eigenvalue weighted by Crippen LogP contribution is 2.36. The lowest BCUT2D eigenvalue weighted by molar-refractivity contribution is 0.125. The van der Waals surface area contributed by atoms with Gasteiger partial charge < -0.3 is 15.5 Å². The second-order valence-corrected chi connectivity index (χ2v) is 10.5. The average molecular weight is 418 g/mol. The SMILES string of the molecule is CC(C)[C@H](CN1CCC(C2CC=C(Cl)CC2)CC1)NCC1=CCCC2=C1NCC2. The predicted molar refractivity (Wildman–Crippen MR) is 124 cm³/mol. The fourth-order valence-corrected chi connectivity index (χ4v) is 5.95. The van der Waals surface area contributed by atoms with Crippen molar-refractivity contribution >= 4 is 11.6 Å². The van der Waals surface area contributed by atoms with Crippen LogP contribution in [0.5, 0.6) is 0 Å². The van der Waals surface area contributed by atoms with Crippen LogP contribution in [-0.2, 0) is 0 Å². The number of hydrogen-bond donors (Lipinski definition) is 2. The van der Waals surface area contributed by atoms with Crippen LogP contribution in [0.15, 0.2) is 34.0 Å². The van der Waals surface area contributed by atoms with Crippen LogP contribution in [0, 0.1) is 17.8 Å². The Labute approximate surface area is 183 Å². The molecule has 2 heterocycles. The minimum absolute atomic E-state index is 0.566. The molecule has 1 fully saturated rings. The molecule has 2 aliphatic carbocycles. The third-order valence-corrected chi connectivity index (χ3v) is 8.09. The molecule has 2 N–H and O–H groups in total. The molecule has 2 aliphatic heterocycles. The van der Waals surface area contributed by atoms with Crippen LogP contribution < -0.4 is 10.6 Å². The van der Waals surface area contributed by atoms with E-state index in [4.69, 9.17) is 11.6 Å². The van der Waals surface area contributed by atoms with E-state index in [1.165, 1.54) is 75.9 Å². The lowest BCUT2D eigenvalue weighted by Crippen LogP contribution is -2.48. The molecule has 4 aliphatic rings. The topological polar surface area (TPSA) is 27.3 Å². The van der Waals surface area contributed by atoms with E-state index in [1.54, 1.807) is 5.57 Å². The number of piperidine rings is 1. The number of nitrogens with one attached hydrogen (secondary N) is 2.